The quantitative estimate of drug-likeness (QED) is 0.149. The maximum absolute atomic E-state index is 12.2. The first kappa shape index (κ1) is 32.5. The Kier molecular flexibility index (Phi) is 12.0. The largest absolute Gasteiger partial charge is 0.466 e. The van der Waals surface area contributed by atoms with Crippen LogP contribution in [-0.4, -0.2) is 58.2 Å². The Morgan fingerprint density at radius 2 is 1.60 bits per heavy atom. The standard InChI is InChI=1S/C33H50O6Si/c1-8-29(30-25-36-33(6,7)39-30)38-26(22-23-31(34)35-9-2)17-16-24-37-40(32(3,4)5,27-18-12-10-13-19-27)28-20-14-11-15-21-28/h10-15,18-21,26,29-30H,8-9,16-17,22-25H2,1-7H3/t26-,29-,30+/m0/s1. The Morgan fingerprint density at radius 3 is 2.08 bits per heavy atom. The van der Waals surface area contributed by atoms with Crippen LogP contribution in [0.5, 0.6) is 0 Å². The minimum absolute atomic E-state index is 0.0740. The third-order valence-corrected chi connectivity index (χ3v) is 12.6. The lowest BCUT2D eigenvalue weighted by molar-refractivity contribution is -0.164. The normalized spacial score (nSPS) is 18.8. The summed E-state index contributed by atoms with van der Waals surface area (Å²) < 4.78 is 30.8. The molecule has 0 radical (unpaired) electrons. The Bertz CT molecular complexity index is 981. The van der Waals surface area contributed by atoms with Crippen LogP contribution in [0.25, 0.3) is 0 Å². The number of carbonyl (C=O) groups is 1. The average molecular weight is 571 g/mol. The van der Waals surface area contributed by atoms with Crippen molar-refractivity contribution in [3.8, 4) is 0 Å². The van der Waals surface area contributed by atoms with Crippen molar-refractivity contribution in [1.29, 1.82) is 0 Å². The van der Waals surface area contributed by atoms with Crippen LogP contribution >= 0.6 is 0 Å². The van der Waals surface area contributed by atoms with Gasteiger partial charge in [0.05, 0.1) is 25.4 Å². The van der Waals surface area contributed by atoms with Gasteiger partial charge in [0.1, 0.15) is 6.10 Å². The van der Waals surface area contributed by atoms with Crippen molar-refractivity contribution in [2.45, 2.75) is 110 Å². The van der Waals surface area contributed by atoms with E-state index >= 15 is 0 Å². The Hall–Kier alpha value is -2.03. The van der Waals surface area contributed by atoms with Crippen LogP contribution in [0.1, 0.15) is 80.6 Å². The second kappa shape index (κ2) is 14.7. The maximum atomic E-state index is 12.2. The van der Waals surface area contributed by atoms with Crippen LogP contribution in [-0.2, 0) is 28.2 Å². The van der Waals surface area contributed by atoms with Crippen LogP contribution < -0.4 is 10.4 Å². The van der Waals surface area contributed by atoms with Gasteiger partial charge in [0, 0.05) is 13.0 Å². The van der Waals surface area contributed by atoms with E-state index < -0.39 is 14.1 Å². The van der Waals surface area contributed by atoms with Crippen molar-refractivity contribution >= 4 is 24.7 Å². The summed E-state index contributed by atoms with van der Waals surface area (Å²) in [5.74, 6) is -0.791. The smallest absolute Gasteiger partial charge is 0.305 e. The van der Waals surface area contributed by atoms with Gasteiger partial charge in [-0.05, 0) is 61.9 Å². The van der Waals surface area contributed by atoms with Gasteiger partial charge in [0.25, 0.3) is 8.32 Å². The minimum Gasteiger partial charge on any atom is -0.466 e. The zero-order chi connectivity index (χ0) is 29.2. The van der Waals surface area contributed by atoms with Crippen molar-refractivity contribution in [2.24, 2.45) is 0 Å². The van der Waals surface area contributed by atoms with Gasteiger partial charge in [-0.2, -0.15) is 0 Å². The Morgan fingerprint density at radius 1 is 1.00 bits per heavy atom. The summed E-state index contributed by atoms with van der Waals surface area (Å²) in [7, 11) is -2.60. The van der Waals surface area contributed by atoms with Crippen LogP contribution in [0, 0.1) is 0 Å². The highest BCUT2D eigenvalue weighted by Crippen LogP contribution is 2.37. The number of rotatable bonds is 15. The fraction of sp³-hybridized carbons (Fsp3) is 0.606. The van der Waals surface area contributed by atoms with E-state index in [1.165, 1.54) is 10.4 Å². The SMILES string of the molecule is CCOC(=O)CC[C@H](CCCO[Si](c1ccccc1)(c1ccccc1)C(C)(C)C)O[C@@H](CC)[C@H]1COC(C)(C)O1. The second-order valence-electron chi connectivity index (χ2n) is 12.1. The van der Waals surface area contributed by atoms with Gasteiger partial charge in [-0.3, -0.25) is 4.79 Å². The van der Waals surface area contributed by atoms with E-state index in [1.807, 2.05) is 20.8 Å². The van der Waals surface area contributed by atoms with Gasteiger partial charge in [-0.15, -0.1) is 0 Å². The molecule has 0 aromatic heterocycles. The summed E-state index contributed by atoms with van der Waals surface area (Å²) in [6.07, 6.45) is 3.00. The molecule has 3 atom stereocenters. The molecule has 2 aromatic carbocycles. The molecule has 0 aliphatic carbocycles. The zero-order valence-electron chi connectivity index (χ0n) is 25.6. The van der Waals surface area contributed by atoms with Crippen molar-refractivity contribution in [3.05, 3.63) is 60.7 Å². The first-order valence-corrected chi connectivity index (χ1v) is 16.8. The van der Waals surface area contributed by atoms with Crippen LogP contribution in [0.15, 0.2) is 60.7 Å². The Balaban J connectivity index is 1.75. The van der Waals surface area contributed by atoms with Gasteiger partial charge in [0.2, 0.25) is 0 Å². The lowest BCUT2D eigenvalue weighted by Crippen LogP contribution is -2.66. The van der Waals surface area contributed by atoms with Gasteiger partial charge in [0.15, 0.2) is 5.79 Å². The highest BCUT2D eigenvalue weighted by molar-refractivity contribution is 6.99. The molecule has 6 nitrogen and oxygen atoms in total. The molecule has 1 aliphatic rings. The average Bonchev–Trinajstić information content (AvgIpc) is 3.29. The molecule has 1 saturated heterocycles. The maximum Gasteiger partial charge on any atom is 0.305 e. The molecular weight excluding hydrogens is 520 g/mol. The predicted molar refractivity (Wildman–Crippen MR) is 163 cm³/mol. The van der Waals surface area contributed by atoms with E-state index in [2.05, 4.69) is 88.4 Å². The molecule has 0 amide bonds. The van der Waals surface area contributed by atoms with E-state index in [4.69, 9.17) is 23.4 Å². The number of ether oxygens (including phenoxy) is 4. The number of carbonyl (C=O) groups excluding carboxylic acids is 1. The van der Waals surface area contributed by atoms with Crippen LogP contribution in [0.3, 0.4) is 0 Å². The first-order valence-electron chi connectivity index (χ1n) is 14.9. The van der Waals surface area contributed by atoms with Crippen LogP contribution in [0.4, 0.5) is 0 Å². The van der Waals surface area contributed by atoms with E-state index in [9.17, 15) is 4.79 Å². The van der Waals surface area contributed by atoms with E-state index in [1.54, 1.807) is 0 Å². The fourth-order valence-electron chi connectivity index (χ4n) is 5.68. The van der Waals surface area contributed by atoms with Crippen molar-refractivity contribution in [2.75, 3.05) is 19.8 Å². The van der Waals surface area contributed by atoms with Crippen LogP contribution in [0.2, 0.25) is 5.04 Å². The first-order chi connectivity index (χ1) is 19.0. The third-order valence-electron chi connectivity index (χ3n) is 7.60. The number of benzene rings is 2. The topological polar surface area (TPSA) is 63.2 Å². The summed E-state index contributed by atoms with van der Waals surface area (Å²) in [6.45, 7) is 16.2. The molecule has 0 unspecified atom stereocenters. The highest BCUT2D eigenvalue weighted by atomic mass is 28.4. The van der Waals surface area contributed by atoms with E-state index in [-0.39, 0.29) is 29.3 Å². The molecule has 1 heterocycles. The summed E-state index contributed by atoms with van der Waals surface area (Å²) in [5, 5.41) is 2.47. The van der Waals surface area contributed by atoms with Crippen molar-refractivity contribution < 1.29 is 28.2 Å². The fourth-order valence-corrected chi connectivity index (χ4v) is 10.3. The molecule has 2 aromatic rings. The number of hydrogen-bond acceptors (Lipinski definition) is 6. The molecule has 222 valence electrons. The summed E-state index contributed by atoms with van der Waals surface area (Å²) in [4.78, 5) is 12.2. The van der Waals surface area contributed by atoms with Gasteiger partial charge in [-0.25, -0.2) is 0 Å². The molecule has 1 fully saturated rings. The molecular formula is C33H50O6Si. The predicted octanol–water partition coefficient (Wildman–Crippen LogP) is 6.00. The van der Waals surface area contributed by atoms with Gasteiger partial charge in [-0.1, -0.05) is 88.4 Å². The molecule has 40 heavy (non-hydrogen) atoms. The van der Waals surface area contributed by atoms with E-state index in [0.717, 1.165) is 19.3 Å². The third kappa shape index (κ3) is 8.49. The molecule has 0 saturated carbocycles. The lowest BCUT2D eigenvalue weighted by Gasteiger charge is -2.43. The zero-order valence-corrected chi connectivity index (χ0v) is 26.6. The minimum atomic E-state index is -2.60. The molecule has 1 aliphatic heterocycles. The molecule has 7 heteroatoms. The highest BCUT2D eigenvalue weighted by Gasteiger charge is 2.50. The van der Waals surface area contributed by atoms with Crippen molar-refractivity contribution in [1.82, 2.24) is 0 Å². The summed E-state index contributed by atoms with van der Waals surface area (Å²) in [6, 6.07) is 21.4. The second-order valence-corrected chi connectivity index (χ2v) is 16.4. The monoisotopic (exact) mass is 570 g/mol. The number of esters is 1. The molecule has 0 N–H and O–H groups in total. The lowest BCUT2D eigenvalue weighted by atomic mass is 10.1. The number of hydrogen-bond donors (Lipinski definition) is 0. The van der Waals surface area contributed by atoms with Gasteiger partial charge < -0.3 is 23.4 Å². The van der Waals surface area contributed by atoms with Gasteiger partial charge >= 0.3 is 5.97 Å². The Labute approximate surface area is 242 Å². The van der Waals surface area contributed by atoms with E-state index in [0.29, 0.717) is 32.7 Å². The van der Waals surface area contributed by atoms with Crippen molar-refractivity contribution in [3.63, 3.8) is 0 Å². The molecule has 3 rings (SSSR count). The molecule has 0 spiro atoms. The summed E-state index contributed by atoms with van der Waals surface area (Å²) in [5.41, 5.74) is 0. The molecule has 0 bridgehead atoms. The summed E-state index contributed by atoms with van der Waals surface area (Å²) >= 11 is 0.